The molecule has 2 aliphatic heterocycles. The van der Waals surface area contributed by atoms with Crippen LogP contribution in [-0.4, -0.2) is 50.2 Å². The van der Waals surface area contributed by atoms with Gasteiger partial charge in [0.15, 0.2) is 0 Å². The van der Waals surface area contributed by atoms with Crippen LogP contribution in [0.2, 0.25) is 0 Å². The van der Waals surface area contributed by atoms with Gasteiger partial charge >= 0.3 is 0 Å². The molecule has 0 saturated carbocycles. The van der Waals surface area contributed by atoms with Crippen LogP contribution in [0.5, 0.6) is 0 Å². The first-order valence-electron chi connectivity index (χ1n) is 8.39. The van der Waals surface area contributed by atoms with Crippen molar-refractivity contribution >= 4 is 11.6 Å². The number of carbonyl (C=O) groups is 1. The Morgan fingerprint density at radius 3 is 2.68 bits per heavy atom. The summed E-state index contributed by atoms with van der Waals surface area (Å²) in [6.07, 6.45) is 4.45. The molecule has 0 aromatic heterocycles. The maximum Gasteiger partial charge on any atom is 0.244 e. The normalized spacial score (nSPS) is 27.1. The largest absolute Gasteiger partial charge is 0.384 e. The Labute approximate surface area is 133 Å². The summed E-state index contributed by atoms with van der Waals surface area (Å²) in [5, 5.41) is 0. The van der Waals surface area contributed by atoms with E-state index in [1.807, 2.05) is 35.2 Å². The zero-order chi connectivity index (χ0) is 15.4. The molecule has 4 nitrogen and oxygen atoms in total. The smallest absolute Gasteiger partial charge is 0.244 e. The average Bonchev–Trinajstić information content (AvgIpc) is 2.56. The molecule has 1 aromatic rings. The minimum absolute atomic E-state index is 0.0496. The predicted molar refractivity (Wildman–Crippen MR) is 88.0 cm³/mol. The highest BCUT2D eigenvalue weighted by molar-refractivity contribution is 5.97. The first-order chi connectivity index (χ1) is 10.8. The van der Waals surface area contributed by atoms with Gasteiger partial charge in [-0.25, -0.2) is 0 Å². The second-order valence-electron chi connectivity index (χ2n) is 6.44. The summed E-state index contributed by atoms with van der Waals surface area (Å²) in [7, 11) is 1.77. The maximum atomic E-state index is 12.9. The molecule has 2 fully saturated rings. The molecule has 2 atom stereocenters. The number of amides is 1. The number of hydrogen-bond donors (Lipinski definition) is 0. The lowest BCUT2D eigenvalue weighted by Crippen LogP contribution is -2.55. The van der Waals surface area contributed by atoms with E-state index in [1.165, 1.54) is 12.8 Å². The summed E-state index contributed by atoms with van der Waals surface area (Å²) in [6.45, 7) is 3.68. The van der Waals surface area contributed by atoms with Gasteiger partial charge in [0, 0.05) is 25.9 Å². The Morgan fingerprint density at radius 1 is 1.14 bits per heavy atom. The van der Waals surface area contributed by atoms with Gasteiger partial charge in [0.05, 0.1) is 12.6 Å². The maximum absolute atomic E-state index is 12.9. The van der Waals surface area contributed by atoms with Crippen LogP contribution in [0.1, 0.15) is 25.7 Å². The van der Waals surface area contributed by atoms with Gasteiger partial charge in [0.25, 0.3) is 0 Å². The molecule has 120 valence electrons. The highest BCUT2D eigenvalue weighted by Gasteiger charge is 2.35. The molecule has 2 saturated heterocycles. The number of nitrogens with zero attached hydrogens (tertiary/aromatic N) is 2. The molecule has 2 heterocycles. The molecule has 1 aromatic carbocycles. The zero-order valence-electron chi connectivity index (χ0n) is 13.4. The van der Waals surface area contributed by atoms with Gasteiger partial charge in [-0.1, -0.05) is 18.2 Å². The summed E-state index contributed by atoms with van der Waals surface area (Å²) in [6, 6.07) is 10.1. The highest BCUT2D eigenvalue weighted by atomic mass is 16.5. The molecule has 0 N–H and O–H groups in total. The fourth-order valence-electron chi connectivity index (χ4n) is 3.81. The number of hydrogen-bond acceptors (Lipinski definition) is 3. The summed E-state index contributed by atoms with van der Waals surface area (Å²) in [4.78, 5) is 17.3. The van der Waals surface area contributed by atoms with E-state index in [-0.39, 0.29) is 11.9 Å². The Hall–Kier alpha value is -1.39. The van der Waals surface area contributed by atoms with Gasteiger partial charge in [-0.15, -0.1) is 0 Å². The topological polar surface area (TPSA) is 32.8 Å². The van der Waals surface area contributed by atoms with E-state index in [0.717, 1.165) is 44.8 Å². The molecule has 3 rings (SSSR count). The van der Waals surface area contributed by atoms with E-state index in [9.17, 15) is 4.79 Å². The molecule has 22 heavy (non-hydrogen) atoms. The lowest BCUT2D eigenvalue weighted by Gasteiger charge is -2.42. The first kappa shape index (κ1) is 15.5. The van der Waals surface area contributed by atoms with Crippen molar-refractivity contribution < 1.29 is 9.53 Å². The van der Waals surface area contributed by atoms with E-state index >= 15 is 0 Å². The van der Waals surface area contributed by atoms with Crippen LogP contribution in [0.25, 0.3) is 0 Å². The number of piperidine rings is 2. The van der Waals surface area contributed by atoms with Gasteiger partial charge < -0.3 is 9.64 Å². The number of likely N-dealkylation sites (tertiary alicyclic amines) is 1. The van der Waals surface area contributed by atoms with E-state index in [2.05, 4.69) is 4.90 Å². The second kappa shape index (κ2) is 7.25. The number of para-hydroxylation sites is 1. The standard InChI is InChI=1S/C18H26N2O2/c1-22-14-15-7-5-11-19(13-15)17-10-6-12-20(18(17)21)16-8-3-2-4-9-16/h2-4,8-9,15,17H,5-7,10-14H2,1H3/t15-,17-/m1/s1. The van der Waals surface area contributed by atoms with Crippen LogP contribution >= 0.6 is 0 Å². The van der Waals surface area contributed by atoms with Crippen molar-refractivity contribution in [2.24, 2.45) is 5.92 Å². The Morgan fingerprint density at radius 2 is 1.91 bits per heavy atom. The van der Waals surface area contributed by atoms with Gasteiger partial charge in [-0.05, 0) is 50.3 Å². The molecule has 0 radical (unpaired) electrons. The van der Waals surface area contributed by atoms with Gasteiger partial charge in [0.1, 0.15) is 0 Å². The molecule has 1 amide bonds. The molecule has 0 aliphatic carbocycles. The van der Waals surface area contributed by atoms with Gasteiger partial charge in [-0.2, -0.15) is 0 Å². The van der Waals surface area contributed by atoms with Gasteiger partial charge in [-0.3, -0.25) is 9.69 Å². The van der Waals surface area contributed by atoms with E-state index in [1.54, 1.807) is 7.11 Å². The summed E-state index contributed by atoms with van der Waals surface area (Å²) in [5.74, 6) is 0.842. The van der Waals surface area contributed by atoms with Crippen molar-refractivity contribution in [2.45, 2.75) is 31.7 Å². The third-order valence-corrected chi connectivity index (χ3v) is 4.87. The molecule has 4 heteroatoms. The molecular weight excluding hydrogens is 276 g/mol. The van der Waals surface area contributed by atoms with Crippen LogP contribution in [0.15, 0.2) is 30.3 Å². The fraction of sp³-hybridized carbons (Fsp3) is 0.611. The number of rotatable bonds is 4. The van der Waals surface area contributed by atoms with Crippen molar-refractivity contribution in [3.8, 4) is 0 Å². The predicted octanol–water partition coefficient (Wildman–Crippen LogP) is 2.54. The van der Waals surface area contributed by atoms with E-state index in [0.29, 0.717) is 5.92 Å². The SMILES string of the molecule is COC[C@@H]1CCCN([C@@H]2CCCN(c3ccccc3)C2=O)C1. The van der Waals surface area contributed by atoms with Crippen molar-refractivity contribution in [1.82, 2.24) is 4.90 Å². The minimum Gasteiger partial charge on any atom is -0.384 e. The van der Waals surface area contributed by atoms with Gasteiger partial charge in [0.2, 0.25) is 5.91 Å². The highest BCUT2D eigenvalue weighted by Crippen LogP contribution is 2.27. The summed E-state index contributed by atoms with van der Waals surface area (Å²) < 4.78 is 5.31. The first-order valence-corrected chi connectivity index (χ1v) is 8.39. The van der Waals surface area contributed by atoms with Crippen LogP contribution in [-0.2, 0) is 9.53 Å². The monoisotopic (exact) mass is 302 g/mol. The van der Waals surface area contributed by atoms with Crippen molar-refractivity contribution in [2.75, 3.05) is 38.3 Å². The number of ether oxygens (including phenoxy) is 1. The Kier molecular flexibility index (Phi) is 5.11. The molecule has 0 spiro atoms. The van der Waals surface area contributed by atoms with Crippen molar-refractivity contribution in [1.29, 1.82) is 0 Å². The number of methoxy groups -OCH3 is 1. The average molecular weight is 302 g/mol. The Bertz CT molecular complexity index is 489. The lowest BCUT2D eigenvalue weighted by molar-refractivity contribution is -0.126. The summed E-state index contributed by atoms with van der Waals surface area (Å²) >= 11 is 0. The minimum atomic E-state index is 0.0496. The quantitative estimate of drug-likeness (QED) is 0.857. The van der Waals surface area contributed by atoms with Crippen LogP contribution in [0.3, 0.4) is 0 Å². The summed E-state index contributed by atoms with van der Waals surface area (Å²) in [5.41, 5.74) is 1.03. The van der Waals surface area contributed by atoms with Crippen LogP contribution in [0.4, 0.5) is 5.69 Å². The third-order valence-electron chi connectivity index (χ3n) is 4.87. The van der Waals surface area contributed by atoms with Crippen molar-refractivity contribution in [3.63, 3.8) is 0 Å². The molecule has 0 unspecified atom stereocenters. The van der Waals surface area contributed by atoms with Crippen LogP contribution < -0.4 is 4.90 Å². The fourth-order valence-corrected chi connectivity index (χ4v) is 3.81. The van der Waals surface area contributed by atoms with Crippen LogP contribution in [0, 0.1) is 5.92 Å². The van der Waals surface area contributed by atoms with Crippen molar-refractivity contribution in [3.05, 3.63) is 30.3 Å². The molecular formula is C18H26N2O2. The number of benzene rings is 1. The zero-order valence-corrected chi connectivity index (χ0v) is 13.4. The Balaban J connectivity index is 1.70. The van der Waals surface area contributed by atoms with E-state index < -0.39 is 0 Å². The molecule has 2 aliphatic rings. The molecule has 0 bridgehead atoms. The van der Waals surface area contributed by atoms with E-state index in [4.69, 9.17) is 4.74 Å². The third kappa shape index (κ3) is 3.33. The number of anilines is 1. The number of carbonyl (C=O) groups excluding carboxylic acids is 1. The lowest BCUT2D eigenvalue weighted by atomic mass is 9.94. The second-order valence-corrected chi connectivity index (χ2v) is 6.44.